The topological polar surface area (TPSA) is 58.6 Å². The lowest BCUT2D eigenvalue weighted by atomic mass is 10.0. The number of ether oxygens (including phenoxy) is 1. The summed E-state index contributed by atoms with van der Waals surface area (Å²) < 4.78 is 19.0. The van der Waals surface area contributed by atoms with Gasteiger partial charge in [0, 0.05) is 17.5 Å². The van der Waals surface area contributed by atoms with Crippen LogP contribution in [0.15, 0.2) is 66.0 Å². The minimum Gasteiger partial charge on any atom is -0.497 e. The molecule has 1 N–H and O–H groups in total. The van der Waals surface area contributed by atoms with Crippen LogP contribution in [0.25, 0.3) is 0 Å². The van der Waals surface area contributed by atoms with Crippen LogP contribution < -0.4 is 10.1 Å². The highest BCUT2D eigenvalue weighted by Gasteiger charge is 2.33. The molecule has 0 radical (unpaired) electrons. The van der Waals surface area contributed by atoms with Crippen molar-refractivity contribution in [1.29, 1.82) is 0 Å². The lowest BCUT2D eigenvalue weighted by Gasteiger charge is -2.32. The number of benzene rings is 2. The summed E-state index contributed by atoms with van der Waals surface area (Å²) in [4.78, 5) is 29.8. The molecule has 1 heterocycles. The molecule has 3 aromatic rings. The van der Waals surface area contributed by atoms with Gasteiger partial charge in [-0.2, -0.15) is 0 Å². The zero-order chi connectivity index (χ0) is 23.9. The maximum atomic E-state index is 13.7. The third kappa shape index (κ3) is 6.03. The number of nitrogens with zero attached hydrogens (tertiary/aromatic N) is 1. The van der Waals surface area contributed by atoms with Gasteiger partial charge in [-0.15, -0.1) is 11.3 Å². The van der Waals surface area contributed by atoms with Crippen LogP contribution in [0.2, 0.25) is 0 Å². The van der Waals surface area contributed by atoms with Gasteiger partial charge in [-0.25, -0.2) is 4.39 Å². The number of nitrogens with one attached hydrogen (secondary N) is 1. The summed E-state index contributed by atoms with van der Waals surface area (Å²) in [7, 11) is 1.60. The van der Waals surface area contributed by atoms with Crippen molar-refractivity contribution in [3.05, 3.63) is 87.9 Å². The smallest absolute Gasteiger partial charge is 0.247 e. The predicted molar refractivity (Wildman–Crippen MR) is 131 cm³/mol. The molecule has 1 aliphatic rings. The number of rotatable bonds is 9. The van der Waals surface area contributed by atoms with E-state index in [4.69, 9.17) is 4.74 Å². The molecule has 2 amide bonds. The van der Waals surface area contributed by atoms with Crippen LogP contribution >= 0.6 is 11.3 Å². The second-order valence-corrected chi connectivity index (χ2v) is 9.60. The van der Waals surface area contributed by atoms with Crippen molar-refractivity contribution in [3.63, 3.8) is 0 Å². The Labute approximate surface area is 203 Å². The highest BCUT2D eigenvalue weighted by molar-refractivity contribution is 7.10. The summed E-state index contributed by atoms with van der Waals surface area (Å²) >= 11 is 1.51. The van der Waals surface area contributed by atoms with Crippen LogP contribution in [0.1, 0.15) is 47.7 Å². The minimum atomic E-state index is -0.865. The van der Waals surface area contributed by atoms with Crippen molar-refractivity contribution in [2.24, 2.45) is 0 Å². The second-order valence-electron chi connectivity index (χ2n) is 8.57. The average molecular weight is 481 g/mol. The van der Waals surface area contributed by atoms with Crippen LogP contribution in [-0.4, -0.2) is 29.9 Å². The molecule has 0 spiro atoms. The summed E-state index contributed by atoms with van der Waals surface area (Å²) in [6.45, 7) is 0.244. The maximum absolute atomic E-state index is 13.7. The van der Waals surface area contributed by atoms with Crippen molar-refractivity contribution in [3.8, 4) is 5.75 Å². The highest BCUT2D eigenvalue weighted by Crippen LogP contribution is 2.28. The first kappa shape index (κ1) is 24.0. The Morgan fingerprint density at radius 3 is 2.41 bits per heavy atom. The fourth-order valence-electron chi connectivity index (χ4n) is 4.38. The first-order valence-corrected chi connectivity index (χ1v) is 12.4. The normalized spacial score (nSPS) is 14.5. The molecule has 1 saturated carbocycles. The van der Waals surface area contributed by atoms with Gasteiger partial charge in [0.1, 0.15) is 17.6 Å². The molecule has 1 aromatic heterocycles. The van der Waals surface area contributed by atoms with Gasteiger partial charge in [0.05, 0.1) is 13.5 Å². The van der Waals surface area contributed by atoms with E-state index in [0.717, 1.165) is 36.1 Å². The fraction of sp³-hybridized carbons (Fsp3) is 0.333. The summed E-state index contributed by atoms with van der Waals surface area (Å²) in [6, 6.07) is 16.4. The number of carbonyl (C=O) groups excluding carboxylic acids is 2. The molecule has 5 nitrogen and oxygen atoms in total. The van der Waals surface area contributed by atoms with Gasteiger partial charge < -0.3 is 15.0 Å². The summed E-state index contributed by atoms with van der Waals surface area (Å²) in [6.07, 6.45) is 4.23. The van der Waals surface area contributed by atoms with Gasteiger partial charge in [0.15, 0.2) is 0 Å². The first-order valence-electron chi connectivity index (χ1n) is 11.5. The van der Waals surface area contributed by atoms with Gasteiger partial charge in [-0.05, 0) is 59.7 Å². The van der Waals surface area contributed by atoms with E-state index in [-0.39, 0.29) is 36.6 Å². The lowest BCUT2D eigenvalue weighted by molar-refractivity contribution is -0.141. The quantitative estimate of drug-likeness (QED) is 0.454. The number of hydrogen-bond acceptors (Lipinski definition) is 4. The number of carbonyl (C=O) groups is 2. The molecular formula is C27H29FN2O3S. The number of amides is 2. The van der Waals surface area contributed by atoms with E-state index >= 15 is 0 Å². The number of halogens is 1. The Morgan fingerprint density at radius 2 is 1.79 bits per heavy atom. The third-order valence-electron chi connectivity index (χ3n) is 6.19. The maximum Gasteiger partial charge on any atom is 0.247 e. The molecule has 1 aliphatic carbocycles. The van der Waals surface area contributed by atoms with Crippen molar-refractivity contribution >= 4 is 23.2 Å². The Bertz CT molecular complexity index is 1080. The van der Waals surface area contributed by atoms with Crippen molar-refractivity contribution < 1.29 is 18.7 Å². The zero-order valence-corrected chi connectivity index (χ0v) is 20.0. The molecule has 0 unspecified atom stereocenters. The van der Waals surface area contributed by atoms with E-state index in [1.165, 1.54) is 23.5 Å². The van der Waals surface area contributed by atoms with E-state index in [2.05, 4.69) is 5.32 Å². The summed E-state index contributed by atoms with van der Waals surface area (Å²) in [5, 5.41) is 5.08. The Hall–Kier alpha value is -3.19. The molecule has 0 saturated heterocycles. The van der Waals surface area contributed by atoms with E-state index in [1.807, 2.05) is 41.8 Å². The van der Waals surface area contributed by atoms with E-state index in [0.29, 0.717) is 11.3 Å². The van der Waals surface area contributed by atoms with Gasteiger partial charge in [-0.3, -0.25) is 9.59 Å². The number of thiophene rings is 1. The largest absolute Gasteiger partial charge is 0.497 e. The van der Waals surface area contributed by atoms with Gasteiger partial charge in [0.25, 0.3) is 0 Å². The van der Waals surface area contributed by atoms with Crippen molar-refractivity contribution in [1.82, 2.24) is 10.2 Å². The Kier molecular flexibility index (Phi) is 7.95. The Balaban J connectivity index is 1.68. The molecule has 4 rings (SSSR count). The van der Waals surface area contributed by atoms with Crippen LogP contribution in [0.5, 0.6) is 5.75 Å². The highest BCUT2D eigenvalue weighted by atomic mass is 32.1. The molecule has 178 valence electrons. The average Bonchev–Trinajstić information content (AvgIpc) is 3.55. The summed E-state index contributed by atoms with van der Waals surface area (Å²) in [5.41, 5.74) is 1.46. The number of methoxy groups -OCH3 is 1. The van der Waals surface area contributed by atoms with Crippen LogP contribution in [0.4, 0.5) is 4.39 Å². The predicted octanol–water partition coefficient (Wildman–Crippen LogP) is 5.27. The molecule has 0 bridgehead atoms. The van der Waals surface area contributed by atoms with E-state index in [9.17, 15) is 14.0 Å². The van der Waals surface area contributed by atoms with Gasteiger partial charge in [0.2, 0.25) is 11.8 Å². The molecular weight excluding hydrogens is 451 g/mol. The Morgan fingerprint density at radius 1 is 1.09 bits per heavy atom. The minimum absolute atomic E-state index is 0.102. The standard InChI is InChI=1S/C27H29FN2O3S/c1-33-23-14-8-19(9-15-23)18-30(25(31)17-24-7-4-16-34-24)26(20-10-12-21(28)13-11-20)27(32)29-22-5-2-3-6-22/h4,7-16,22,26H,2-3,5-6,17-18H2,1H3,(H,29,32)/t26-/m0/s1. The van der Waals surface area contributed by atoms with Crippen molar-refractivity contribution in [2.45, 2.75) is 50.7 Å². The van der Waals surface area contributed by atoms with Crippen LogP contribution in [0.3, 0.4) is 0 Å². The van der Waals surface area contributed by atoms with Gasteiger partial charge >= 0.3 is 0 Å². The molecule has 2 aromatic carbocycles. The molecule has 1 fully saturated rings. The van der Waals surface area contributed by atoms with E-state index in [1.54, 1.807) is 24.1 Å². The molecule has 0 aliphatic heterocycles. The number of hydrogen-bond donors (Lipinski definition) is 1. The van der Waals surface area contributed by atoms with Crippen molar-refractivity contribution in [2.75, 3.05) is 7.11 Å². The molecule has 34 heavy (non-hydrogen) atoms. The summed E-state index contributed by atoms with van der Waals surface area (Å²) in [5.74, 6) is -0.0553. The van der Waals surface area contributed by atoms with Crippen LogP contribution in [0, 0.1) is 5.82 Å². The second kappa shape index (κ2) is 11.3. The molecule has 1 atom stereocenters. The first-order chi connectivity index (χ1) is 16.5. The zero-order valence-electron chi connectivity index (χ0n) is 19.2. The third-order valence-corrected chi connectivity index (χ3v) is 7.06. The van der Waals surface area contributed by atoms with Gasteiger partial charge in [-0.1, -0.05) is 43.2 Å². The monoisotopic (exact) mass is 480 g/mol. The lowest BCUT2D eigenvalue weighted by Crippen LogP contribution is -2.46. The molecule has 7 heteroatoms. The fourth-order valence-corrected chi connectivity index (χ4v) is 5.08. The SMILES string of the molecule is COc1ccc(CN(C(=O)Cc2cccs2)[C@H](C(=O)NC2CCCC2)c2ccc(F)cc2)cc1. The van der Waals surface area contributed by atoms with E-state index < -0.39 is 6.04 Å². The van der Waals surface area contributed by atoms with Crippen LogP contribution in [-0.2, 0) is 22.6 Å².